The van der Waals surface area contributed by atoms with Gasteiger partial charge < -0.3 is 10.2 Å². The number of nitrogens with zero attached hydrogens (tertiary/aromatic N) is 1. The summed E-state index contributed by atoms with van der Waals surface area (Å²) in [6.07, 6.45) is 0.163. The number of Topliss-reactive ketones (excluding diaryl/α,β-unsaturated/α-hetero) is 1. The first-order chi connectivity index (χ1) is 12.3. The Morgan fingerprint density at radius 2 is 1.69 bits per heavy atom. The van der Waals surface area contributed by atoms with E-state index in [1.165, 1.54) is 13.8 Å². The maximum Gasteiger partial charge on any atom is 0.226 e. The third kappa shape index (κ3) is 5.02. The second-order valence-corrected chi connectivity index (χ2v) is 6.37. The molecule has 0 aliphatic rings. The van der Waals surface area contributed by atoms with Crippen LogP contribution < -0.4 is 10.2 Å². The molecule has 0 aliphatic carbocycles. The lowest BCUT2D eigenvalue weighted by molar-refractivity contribution is -0.117. The molecule has 0 unspecified atom stereocenters. The molecule has 5 heteroatoms. The van der Waals surface area contributed by atoms with Crippen LogP contribution in [0, 0.1) is 13.8 Å². The van der Waals surface area contributed by atoms with Crippen LogP contribution in [-0.2, 0) is 9.59 Å². The molecule has 2 aromatic carbocycles. The van der Waals surface area contributed by atoms with E-state index in [1.807, 2.05) is 32.0 Å². The second kappa shape index (κ2) is 8.43. The first-order valence-corrected chi connectivity index (χ1v) is 8.54. The molecule has 0 radical (unpaired) electrons. The summed E-state index contributed by atoms with van der Waals surface area (Å²) in [5.74, 6) is -0.376. The summed E-state index contributed by atoms with van der Waals surface area (Å²) in [5.41, 5.74) is 4.15. The molecule has 2 amide bonds. The van der Waals surface area contributed by atoms with E-state index in [-0.39, 0.29) is 30.6 Å². The number of aryl methyl sites for hydroxylation is 2. The monoisotopic (exact) mass is 352 g/mol. The normalized spacial score (nSPS) is 10.3. The van der Waals surface area contributed by atoms with Crippen LogP contribution in [0.4, 0.5) is 11.4 Å². The molecular formula is C21H24N2O3. The van der Waals surface area contributed by atoms with Crippen molar-refractivity contribution in [2.75, 3.05) is 16.8 Å². The van der Waals surface area contributed by atoms with Gasteiger partial charge in [-0.05, 0) is 56.2 Å². The highest BCUT2D eigenvalue weighted by Gasteiger charge is 2.14. The van der Waals surface area contributed by atoms with E-state index in [2.05, 4.69) is 5.32 Å². The van der Waals surface area contributed by atoms with Crippen molar-refractivity contribution in [1.82, 2.24) is 0 Å². The highest BCUT2D eigenvalue weighted by molar-refractivity contribution is 5.98. The molecule has 26 heavy (non-hydrogen) atoms. The summed E-state index contributed by atoms with van der Waals surface area (Å²) in [6, 6.07) is 12.6. The van der Waals surface area contributed by atoms with E-state index in [1.54, 1.807) is 29.2 Å². The predicted octanol–water partition coefficient (Wildman–Crippen LogP) is 3.89. The van der Waals surface area contributed by atoms with Gasteiger partial charge in [0.15, 0.2) is 5.78 Å². The summed E-state index contributed by atoms with van der Waals surface area (Å²) in [6.45, 7) is 7.26. The fourth-order valence-corrected chi connectivity index (χ4v) is 2.61. The molecule has 0 spiro atoms. The number of hydrogen-bond donors (Lipinski definition) is 1. The van der Waals surface area contributed by atoms with Crippen LogP contribution >= 0.6 is 0 Å². The van der Waals surface area contributed by atoms with E-state index in [0.29, 0.717) is 11.3 Å². The van der Waals surface area contributed by atoms with Gasteiger partial charge in [0.1, 0.15) is 0 Å². The van der Waals surface area contributed by atoms with Crippen molar-refractivity contribution in [1.29, 1.82) is 0 Å². The zero-order chi connectivity index (χ0) is 19.3. The molecule has 5 nitrogen and oxygen atoms in total. The highest BCUT2D eigenvalue weighted by atomic mass is 16.2. The number of hydrogen-bond acceptors (Lipinski definition) is 3. The molecule has 0 bridgehead atoms. The maximum atomic E-state index is 12.2. The first kappa shape index (κ1) is 19.4. The Bertz CT molecular complexity index is 843. The second-order valence-electron chi connectivity index (χ2n) is 6.37. The molecule has 1 N–H and O–H groups in total. The van der Waals surface area contributed by atoms with Gasteiger partial charge in [0.2, 0.25) is 11.8 Å². The highest BCUT2D eigenvalue weighted by Crippen LogP contribution is 2.19. The van der Waals surface area contributed by atoms with E-state index in [4.69, 9.17) is 0 Å². The number of anilines is 2. The van der Waals surface area contributed by atoms with E-state index in [0.717, 1.165) is 16.8 Å². The molecule has 136 valence electrons. The lowest BCUT2D eigenvalue weighted by Crippen LogP contribution is -2.32. The minimum Gasteiger partial charge on any atom is -0.326 e. The molecular weight excluding hydrogens is 328 g/mol. The van der Waals surface area contributed by atoms with Gasteiger partial charge in [-0.3, -0.25) is 14.4 Å². The van der Waals surface area contributed by atoms with Crippen molar-refractivity contribution >= 4 is 29.0 Å². The standard InChI is InChI=1S/C21H24N2O3/c1-14-8-9-20(12-15(14)2)23(17(4)25)11-10-21(26)22-19-7-5-6-18(13-19)16(3)24/h5-9,12-13H,10-11H2,1-4H3,(H,22,26). The van der Waals surface area contributed by atoms with Gasteiger partial charge in [0.25, 0.3) is 0 Å². The molecule has 2 aromatic rings. The molecule has 0 aromatic heterocycles. The fraction of sp³-hybridized carbons (Fsp3) is 0.286. The Kier molecular flexibility index (Phi) is 6.28. The first-order valence-electron chi connectivity index (χ1n) is 8.54. The summed E-state index contributed by atoms with van der Waals surface area (Å²) in [5, 5.41) is 2.77. The Balaban J connectivity index is 2.03. The topological polar surface area (TPSA) is 66.5 Å². The number of carbonyl (C=O) groups excluding carboxylic acids is 3. The third-order valence-electron chi connectivity index (χ3n) is 4.30. The maximum absolute atomic E-state index is 12.2. The van der Waals surface area contributed by atoms with Crippen molar-refractivity contribution < 1.29 is 14.4 Å². The number of carbonyl (C=O) groups is 3. The molecule has 2 rings (SSSR count). The zero-order valence-electron chi connectivity index (χ0n) is 15.6. The van der Waals surface area contributed by atoms with Crippen LogP contribution in [0.3, 0.4) is 0 Å². The largest absolute Gasteiger partial charge is 0.326 e. The summed E-state index contributed by atoms with van der Waals surface area (Å²) < 4.78 is 0. The number of rotatable bonds is 6. The minimum absolute atomic E-state index is 0.0569. The summed E-state index contributed by atoms with van der Waals surface area (Å²) >= 11 is 0. The van der Waals surface area contributed by atoms with Crippen molar-refractivity contribution in [3.63, 3.8) is 0 Å². The summed E-state index contributed by atoms with van der Waals surface area (Å²) in [7, 11) is 0. The van der Waals surface area contributed by atoms with Crippen molar-refractivity contribution in [2.45, 2.75) is 34.1 Å². The minimum atomic E-state index is -0.208. The summed E-state index contributed by atoms with van der Waals surface area (Å²) in [4.78, 5) is 37.2. The van der Waals surface area contributed by atoms with Crippen molar-refractivity contribution in [2.24, 2.45) is 0 Å². The van der Waals surface area contributed by atoms with Crippen LogP contribution in [0.1, 0.15) is 41.8 Å². The fourth-order valence-electron chi connectivity index (χ4n) is 2.61. The number of benzene rings is 2. The molecule has 0 fully saturated rings. The smallest absolute Gasteiger partial charge is 0.226 e. The van der Waals surface area contributed by atoms with Gasteiger partial charge in [-0.15, -0.1) is 0 Å². The molecule has 0 saturated carbocycles. The van der Waals surface area contributed by atoms with Crippen LogP contribution in [0.5, 0.6) is 0 Å². The van der Waals surface area contributed by atoms with E-state index >= 15 is 0 Å². The van der Waals surface area contributed by atoms with Crippen LogP contribution in [0.2, 0.25) is 0 Å². The van der Waals surface area contributed by atoms with Crippen molar-refractivity contribution in [3.8, 4) is 0 Å². The van der Waals surface area contributed by atoms with Gasteiger partial charge in [0, 0.05) is 36.8 Å². The lowest BCUT2D eigenvalue weighted by Gasteiger charge is -2.22. The van der Waals surface area contributed by atoms with Crippen LogP contribution in [0.25, 0.3) is 0 Å². The van der Waals surface area contributed by atoms with Crippen molar-refractivity contribution in [3.05, 3.63) is 59.2 Å². The van der Waals surface area contributed by atoms with Gasteiger partial charge in [-0.25, -0.2) is 0 Å². The molecule has 0 heterocycles. The SMILES string of the molecule is CC(=O)c1cccc(NC(=O)CCN(C(C)=O)c2ccc(C)c(C)c2)c1. The Morgan fingerprint density at radius 1 is 0.962 bits per heavy atom. The zero-order valence-corrected chi connectivity index (χ0v) is 15.6. The van der Waals surface area contributed by atoms with Crippen LogP contribution in [0.15, 0.2) is 42.5 Å². The number of nitrogens with one attached hydrogen (secondary N) is 1. The third-order valence-corrected chi connectivity index (χ3v) is 4.30. The quantitative estimate of drug-likeness (QED) is 0.802. The Hall–Kier alpha value is -2.95. The molecule has 0 aliphatic heterocycles. The lowest BCUT2D eigenvalue weighted by atomic mass is 10.1. The van der Waals surface area contributed by atoms with Gasteiger partial charge >= 0.3 is 0 Å². The van der Waals surface area contributed by atoms with Crippen LogP contribution in [-0.4, -0.2) is 24.1 Å². The number of ketones is 1. The molecule has 0 atom stereocenters. The number of amides is 2. The Labute approximate surface area is 154 Å². The average Bonchev–Trinajstić information content (AvgIpc) is 2.58. The van der Waals surface area contributed by atoms with Gasteiger partial charge in [-0.2, -0.15) is 0 Å². The predicted molar refractivity (Wildman–Crippen MR) is 104 cm³/mol. The van der Waals surface area contributed by atoms with Gasteiger partial charge in [0.05, 0.1) is 0 Å². The molecule has 0 saturated heterocycles. The van der Waals surface area contributed by atoms with E-state index < -0.39 is 0 Å². The average molecular weight is 352 g/mol. The van der Waals surface area contributed by atoms with E-state index in [9.17, 15) is 14.4 Å². The Morgan fingerprint density at radius 3 is 2.31 bits per heavy atom. The van der Waals surface area contributed by atoms with Gasteiger partial charge in [-0.1, -0.05) is 18.2 Å².